The number of aromatic nitrogens is 4. The standard InChI is InChI=1S/C27H36N8O3/c1-3-30(4-2)20-24(37)34-22-9-5-6-10-23(22)35-26(21-8-7-11-28-25(21)34)29-33(27(35)38)17-16-31-12-14-32(15-13-31)18-19-36/h5-11,36H,3-4,12-20H2,1-2H3. The van der Waals surface area contributed by atoms with E-state index in [-0.39, 0.29) is 24.7 Å². The van der Waals surface area contributed by atoms with Gasteiger partial charge in [-0.1, -0.05) is 26.0 Å². The van der Waals surface area contributed by atoms with Crippen molar-refractivity contribution < 1.29 is 9.90 Å². The van der Waals surface area contributed by atoms with Crippen LogP contribution in [0.2, 0.25) is 0 Å². The number of likely N-dealkylation sites (N-methyl/N-ethyl adjacent to an activating group) is 1. The molecule has 11 nitrogen and oxygen atoms in total. The van der Waals surface area contributed by atoms with E-state index in [9.17, 15) is 14.7 Å². The van der Waals surface area contributed by atoms with Crippen LogP contribution in [0.25, 0.3) is 17.1 Å². The second-order valence-electron chi connectivity index (χ2n) is 9.63. The van der Waals surface area contributed by atoms with Crippen molar-refractivity contribution in [3.63, 3.8) is 0 Å². The van der Waals surface area contributed by atoms with Crippen LogP contribution in [-0.4, -0.2) is 111 Å². The van der Waals surface area contributed by atoms with Crippen LogP contribution in [0.1, 0.15) is 13.8 Å². The number of piperazine rings is 1. The number of aliphatic hydroxyl groups is 1. The van der Waals surface area contributed by atoms with E-state index < -0.39 is 0 Å². The van der Waals surface area contributed by atoms with Crippen LogP contribution in [-0.2, 0) is 11.3 Å². The molecule has 1 amide bonds. The number of pyridine rings is 1. The molecule has 1 N–H and O–H groups in total. The molecule has 5 rings (SSSR count). The zero-order valence-electron chi connectivity index (χ0n) is 22.2. The number of β-amino-alcohol motifs (C(OH)–C–C–N with tert-alkyl or cyclic N) is 1. The van der Waals surface area contributed by atoms with Crippen molar-refractivity contribution in [2.24, 2.45) is 0 Å². The van der Waals surface area contributed by atoms with Gasteiger partial charge >= 0.3 is 5.69 Å². The highest BCUT2D eigenvalue weighted by Gasteiger charge is 2.33. The molecule has 0 bridgehead atoms. The maximum atomic E-state index is 13.8. The fourth-order valence-electron chi connectivity index (χ4n) is 5.23. The number of fused-ring (bicyclic) bond motifs is 5. The van der Waals surface area contributed by atoms with Gasteiger partial charge in [0.25, 0.3) is 0 Å². The average Bonchev–Trinajstić information content (AvgIpc) is 3.21. The minimum Gasteiger partial charge on any atom is -0.395 e. The molecule has 2 aliphatic rings. The zero-order valence-corrected chi connectivity index (χ0v) is 22.2. The van der Waals surface area contributed by atoms with Gasteiger partial charge in [-0.3, -0.25) is 24.4 Å². The number of hydrogen-bond donors (Lipinski definition) is 1. The quantitative estimate of drug-likeness (QED) is 0.446. The zero-order chi connectivity index (χ0) is 26.6. The van der Waals surface area contributed by atoms with E-state index in [2.05, 4.69) is 19.7 Å². The molecule has 202 valence electrons. The fraction of sp³-hybridized carbons (Fsp3) is 0.481. The van der Waals surface area contributed by atoms with Crippen LogP contribution >= 0.6 is 0 Å². The van der Waals surface area contributed by atoms with Crippen molar-refractivity contribution in [2.45, 2.75) is 20.4 Å². The first-order valence-corrected chi connectivity index (χ1v) is 13.4. The van der Waals surface area contributed by atoms with E-state index >= 15 is 0 Å². The monoisotopic (exact) mass is 520 g/mol. The summed E-state index contributed by atoms with van der Waals surface area (Å²) >= 11 is 0. The Morgan fingerprint density at radius 3 is 2.32 bits per heavy atom. The third-order valence-electron chi connectivity index (χ3n) is 7.45. The molecule has 2 aromatic heterocycles. The van der Waals surface area contributed by atoms with E-state index in [1.807, 2.05) is 50.2 Å². The van der Waals surface area contributed by atoms with Gasteiger partial charge in [0.05, 0.1) is 36.6 Å². The minimum atomic E-state index is -0.237. The number of carbonyl (C=O) groups excluding carboxylic acids is 1. The molecule has 0 saturated carbocycles. The Balaban J connectivity index is 1.49. The summed E-state index contributed by atoms with van der Waals surface area (Å²) in [7, 11) is 0. The van der Waals surface area contributed by atoms with E-state index in [0.717, 1.165) is 39.3 Å². The van der Waals surface area contributed by atoms with E-state index in [0.29, 0.717) is 48.2 Å². The Kier molecular flexibility index (Phi) is 7.98. The molecule has 0 atom stereocenters. The molecule has 0 unspecified atom stereocenters. The molecular formula is C27H36N8O3. The second kappa shape index (κ2) is 11.6. The highest BCUT2D eigenvalue weighted by atomic mass is 16.3. The van der Waals surface area contributed by atoms with Gasteiger partial charge in [-0.15, -0.1) is 5.10 Å². The molecule has 0 radical (unpaired) electrons. The maximum absolute atomic E-state index is 13.8. The van der Waals surface area contributed by atoms with E-state index in [1.54, 1.807) is 15.7 Å². The summed E-state index contributed by atoms with van der Waals surface area (Å²) in [5.41, 5.74) is 1.64. The molecule has 1 saturated heterocycles. The lowest BCUT2D eigenvalue weighted by atomic mass is 10.2. The van der Waals surface area contributed by atoms with Crippen LogP contribution < -0.4 is 10.6 Å². The topological polar surface area (TPSA) is 103 Å². The summed E-state index contributed by atoms with van der Waals surface area (Å²) in [6, 6.07) is 11.1. The number of carbonyl (C=O) groups is 1. The van der Waals surface area contributed by atoms with Gasteiger partial charge < -0.3 is 5.11 Å². The lowest BCUT2D eigenvalue weighted by Crippen LogP contribution is -2.48. The molecule has 1 aromatic carbocycles. The Bertz CT molecular complexity index is 1320. The fourth-order valence-corrected chi connectivity index (χ4v) is 5.23. The number of amides is 1. The van der Waals surface area contributed by atoms with E-state index in [1.165, 1.54) is 4.68 Å². The van der Waals surface area contributed by atoms with Crippen LogP contribution in [0.4, 0.5) is 11.5 Å². The van der Waals surface area contributed by atoms with Gasteiger partial charge in [0.1, 0.15) is 0 Å². The first-order chi connectivity index (χ1) is 18.5. The van der Waals surface area contributed by atoms with Crippen molar-refractivity contribution >= 4 is 17.4 Å². The van der Waals surface area contributed by atoms with Crippen LogP contribution in [0, 0.1) is 0 Å². The molecular weight excluding hydrogens is 484 g/mol. The van der Waals surface area contributed by atoms with Crippen molar-refractivity contribution in [3.8, 4) is 17.1 Å². The van der Waals surface area contributed by atoms with Crippen molar-refractivity contribution in [3.05, 3.63) is 53.1 Å². The van der Waals surface area contributed by atoms with Crippen LogP contribution in [0.15, 0.2) is 47.4 Å². The summed E-state index contributed by atoms with van der Waals surface area (Å²) in [5.74, 6) is 0.858. The first-order valence-electron chi connectivity index (χ1n) is 13.4. The van der Waals surface area contributed by atoms with Gasteiger partial charge in [0.2, 0.25) is 5.91 Å². The number of para-hydroxylation sites is 2. The third-order valence-corrected chi connectivity index (χ3v) is 7.45. The van der Waals surface area contributed by atoms with Crippen molar-refractivity contribution in [1.29, 1.82) is 0 Å². The number of benzene rings is 1. The van der Waals surface area contributed by atoms with Gasteiger partial charge in [-0.2, -0.15) is 0 Å². The van der Waals surface area contributed by atoms with Gasteiger partial charge in [0.15, 0.2) is 11.6 Å². The van der Waals surface area contributed by atoms with Gasteiger partial charge in [-0.05, 0) is 37.4 Å². The summed E-state index contributed by atoms with van der Waals surface area (Å²) in [4.78, 5) is 40.3. The Morgan fingerprint density at radius 1 is 0.947 bits per heavy atom. The number of hydrogen-bond acceptors (Lipinski definition) is 8. The smallest absolute Gasteiger partial charge is 0.350 e. The Morgan fingerprint density at radius 2 is 1.63 bits per heavy atom. The molecule has 38 heavy (non-hydrogen) atoms. The average molecular weight is 521 g/mol. The molecule has 2 aliphatic heterocycles. The molecule has 4 heterocycles. The molecule has 0 spiro atoms. The first kappa shape index (κ1) is 26.2. The summed E-state index contributed by atoms with van der Waals surface area (Å²) < 4.78 is 3.14. The summed E-state index contributed by atoms with van der Waals surface area (Å²) in [6.07, 6.45) is 1.67. The molecule has 1 fully saturated rings. The van der Waals surface area contributed by atoms with Gasteiger partial charge in [0, 0.05) is 45.5 Å². The SMILES string of the molecule is CCN(CC)CC(=O)N1c2ccccc2-n2c(nn(CCN3CCN(CCO)CC3)c2=O)-c2cccnc21. The highest BCUT2D eigenvalue weighted by Crippen LogP contribution is 2.40. The van der Waals surface area contributed by atoms with Crippen LogP contribution in [0.3, 0.4) is 0 Å². The highest BCUT2D eigenvalue weighted by molar-refractivity contribution is 6.06. The number of anilines is 2. The number of rotatable bonds is 9. The maximum Gasteiger partial charge on any atom is 0.350 e. The Labute approximate surface area is 222 Å². The molecule has 0 aliphatic carbocycles. The van der Waals surface area contributed by atoms with Crippen molar-refractivity contribution in [1.82, 2.24) is 34.0 Å². The van der Waals surface area contributed by atoms with Crippen LogP contribution in [0.5, 0.6) is 0 Å². The Hall–Kier alpha value is -3.38. The summed E-state index contributed by atoms with van der Waals surface area (Å²) in [6.45, 7) is 11.5. The van der Waals surface area contributed by atoms with Gasteiger partial charge in [-0.25, -0.2) is 19.0 Å². The third kappa shape index (κ3) is 5.02. The molecule has 3 aromatic rings. The molecule has 11 heteroatoms. The summed E-state index contributed by atoms with van der Waals surface area (Å²) in [5, 5.41) is 14.0. The largest absolute Gasteiger partial charge is 0.395 e. The predicted molar refractivity (Wildman–Crippen MR) is 146 cm³/mol. The van der Waals surface area contributed by atoms with E-state index in [4.69, 9.17) is 5.10 Å². The normalized spacial score (nSPS) is 15.7. The minimum absolute atomic E-state index is 0.104. The second-order valence-corrected chi connectivity index (χ2v) is 9.63. The van der Waals surface area contributed by atoms with Crippen molar-refractivity contribution in [2.75, 3.05) is 70.4 Å². The number of aliphatic hydroxyl groups excluding tert-OH is 1. The number of nitrogens with zero attached hydrogens (tertiary/aromatic N) is 8. The lowest BCUT2D eigenvalue weighted by molar-refractivity contribution is -0.119. The predicted octanol–water partition coefficient (Wildman–Crippen LogP) is 1.03. The lowest BCUT2D eigenvalue weighted by Gasteiger charge is -2.34.